The Kier molecular flexibility index (Phi) is 9.22. The zero-order chi connectivity index (χ0) is 21.5. The number of aromatic nitrogens is 1. The second-order valence-corrected chi connectivity index (χ2v) is 7.63. The van der Waals surface area contributed by atoms with Crippen LogP contribution in [-0.4, -0.2) is 82.5 Å². The van der Waals surface area contributed by atoms with Crippen LogP contribution in [0.5, 0.6) is 5.75 Å². The summed E-state index contributed by atoms with van der Waals surface area (Å²) in [7, 11) is 3.57. The largest absolute Gasteiger partial charge is 0.495 e. The van der Waals surface area contributed by atoms with Gasteiger partial charge in [-0.15, -0.1) is 24.0 Å². The smallest absolute Gasteiger partial charge is 0.194 e. The molecule has 8 nitrogen and oxygen atoms in total. The Morgan fingerprint density at radius 1 is 1.03 bits per heavy atom. The molecule has 0 amide bonds. The fourth-order valence-corrected chi connectivity index (χ4v) is 4.18. The number of benzene rings is 1. The number of anilines is 2. The SMILES string of the molecule is CN=C(NCc1cccnc1N1CCOCC1)N1CCN(c2ccccc2OC)CC1.I. The van der Waals surface area contributed by atoms with E-state index in [2.05, 4.69) is 48.2 Å². The van der Waals surface area contributed by atoms with Crippen molar-refractivity contribution in [2.45, 2.75) is 6.54 Å². The van der Waals surface area contributed by atoms with Gasteiger partial charge in [0.1, 0.15) is 11.6 Å². The standard InChI is InChI=1S/C23H32N6O2.HI/c1-24-23(26-18-19-6-5-9-25-22(19)28-14-16-31-17-15-28)29-12-10-27(11-13-29)20-7-3-4-8-21(20)30-2;/h3-9H,10-18H2,1-2H3,(H,24,26);1H. The van der Waals surface area contributed by atoms with E-state index in [1.165, 1.54) is 5.56 Å². The first-order chi connectivity index (χ1) is 15.3. The zero-order valence-electron chi connectivity index (χ0n) is 18.9. The molecule has 0 atom stereocenters. The van der Waals surface area contributed by atoms with E-state index in [0.29, 0.717) is 6.54 Å². The monoisotopic (exact) mass is 552 g/mol. The number of guanidine groups is 1. The average molecular weight is 552 g/mol. The third-order valence-electron chi connectivity index (χ3n) is 5.83. The van der Waals surface area contributed by atoms with Crippen LogP contribution in [0.2, 0.25) is 0 Å². The molecule has 2 aromatic rings. The molecule has 0 saturated carbocycles. The first-order valence-corrected chi connectivity index (χ1v) is 10.9. The van der Waals surface area contributed by atoms with Crippen LogP contribution in [0.1, 0.15) is 5.56 Å². The minimum Gasteiger partial charge on any atom is -0.495 e. The number of hydrogen-bond acceptors (Lipinski definition) is 6. The summed E-state index contributed by atoms with van der Waals surface area (Å²) in [5.74, 6) is 2.89. The van der Waals surface area contributed by atoms with Crippen LogP contribution in [0.25, 0.3) is 0 Å². The molecule has 4 rings (SSSR count). The lowest BCUT2D eigenvalue weighted by molar-refractivity contribution is 0.122. The van der Waals surface area contributed by atoms with E-state index in [0.717, 1.165) is 75.7 Å². The van der Waals surface area contributed by atoms with Crippen LogP contribution >= 0.6 is 24.0 Å². The van der Waals surface area contributed by atoms with E-state index >= 15 is 0 Å². The van der Waals surface area contributed by atoms with Crippen molar-refractivity contribution >= 4 is 41.4 Å². The molecule has 2 fully saturated rings. The molecule has 1 aromatic carbocycles. The summed E-state index contributed by atoms with van der Waals surface area (Å²) in [5, 5.41) is 3.55. The van der Waals surface area contributed by atoms with Crippen molar-refractivity contribution in [3.05, 3.63) is 48.2 Å². The number of pyridine rings is 1. The highest BCUT2D eigenvalue weighted by Crippen LogP contribution is 2.28. The van der Waals surface area contributed by atoms with E-state index in [1.54, 1.807) is 7.11 Å². The third-order valence-corrected chi connectivity index (χ3v) is 5.83. The molecule has 2 saturated heterocycles. The van der Waals surface area contributed by atoms with Gasteiger partial charge in [-0.2, -0.15) is 0 Å². The number of ether oxygens (including phenoxy) is 2. The first-order valence-electron chi connectivity index (χ1n) is 10.9. The minimum atomic E-state index is 0. The fraction of sp³-hybridized carbons (Fsp3) is 0.478. The second-order valence-electron chi connectivity index (χ2n) is 7.63. The van der Waals surface area contributed by atoms with E-state index in [4.69, 9.17) is 9.47 Å². The number of hydrogen-bond donors (Lipinski definition) is 1. The zero-order valence-corrected chi connectivity index (χ0v) is 21.2. The van der Waals surface area contributed by atoms with Gasteiger partial charge >= 0.3 is 0 Å². The molecule has 32 heavy (non-hydrogen) atoms. The Labute approximate surface area is 207 Å². The molecule has 9 heteroatoms. The quantitative estimate of drug-likeness (QED) is 0.348. The Morgan fingerprint density at radius 3 is 2.50 bits per heavy atom. The summed E-state index contributed by atoms with van der Waals surface area (Å²) < 4.78 is 11.0. The van der Waals surface area contributed by atoms with Gasteiger partial charge in [-0.05, 0) is 18.2 Å². The van der Waals surface area contributed by atoms with Gasteiger partial charge in [-0.1, -0.05) is 18.2 Å². The minimum absolute atomic E-state index is 0. The number of halogens is 1. The highest BCUT2D eigenvalue weighted by Gasteiger charge is 2.22. The van der Waals surface area contributed by atoms with Crippen LogP contribution < -0.4 is 19.9 Å². The predicted octanol–water partition coefficient (Wildman–Crippen LogP) is 2.44. The molecule has 0 aliphatic carbocycles. The summed E-state index contributed by atoms with van der Waals surface area (Å²) in [6.45, 7) is 7.61. The second kappa shape index (κ2) is 12.1. The molecular formula is C23H33IN6O2. The van der Waals surface area contributed by atoms with Crippen molar-refractivity contribution < 1.29 is 9.47 Å². The molecule has 2 aliphatic heterocycles. The Morgan fingerprint density at radius 2 is 1.78 bits per heavy atom. The average Bonchev–Trinajstić information content (AvgIpc) is 2.85. The maximum Gasteiger partial charge on any atom is 0.194 e. The lowest BCUT2D eigenvalue weighted by atomic mass is 10.2. The first kappa shape index (κ1) is 24.4. The van der Waals surface area contributed by atoms with Crippen molar-refractivity contribution in [2.24, 2.45) is 4.99 Å². The summed E-state index contributed by atoms with van der Waals surface area (Å²) in [6, 6.07) is 12.3. The molecule has 2 aliphatic rings. The number of methoxy groups -OCH3 is 1. The summed E-state index contributed by atoms with van der Waals surface area (Å²) in [4.78, 5) is 16.2. The van der Waals surface area contributed by atoms with Crippen LogP contribution in [-0.2, 0) is 11.3 Å². The van der Waals surface area contributed by atoms with E-state index in [-0.39, 0.29) is 24.0 Å². The summed E-state index contributed by atoms with van der Waals surface area (Å²) in [5.41, 5.74) is 2.33. The van der Waals surface area contributed by atoms with Crippen LogP contribution in [0.3, 0.4) is 0 Å². The van der Waals surface area contributed by atoms with Crippen molar-refractivity contribution in [1.29, 1.82) is 0 Å². The van der Waals surface area contributed by atoms with Gasteiger partial charge in [0.25, 0.3) is 0 Å². The number of nitrogens with zero attached hydrogens (tertiary/aromatic N) is 5. The van der Waals surface area contributed by atoms with E-state index in [1.807, 2.05) is 31.4 Å². The highest BCUT2D eigenvalue weighted by atomic mass is 127. The summed E-state index contributed by atoms with van der Waals surface area (Å²) in [6.07, 6.45) is 1.86. The third kappa shape index (κ3) is 5.74. The van der Waals surface area contributed by atoms with E-state index < -0.39 is 0 Å². The van der Waals surface area contributed by atoms with Crippen molar-refractivity contribution in [1.82, 2.24) is 15.2 Å². The van der Waals surface area contributed by atoms with E-state index in [9.17, 15) is 0 Å². The summed E-state index contributed by atoms with van der Waals surface area (Å²) >= 11 is 0. The lowest BCUT2D eigenvalue weighted by Gasteiger charge is -2.38. The van der Waals surface area contributed by atoms with Crippen molar-refractivity contribution in [3.63, 3.8) is 0 Å². The lowest BCUT2D eigenvalue weighted by Crippen LogP contribution is -2.52. The van der Waals surface area contributed by atoms with Gasteiger partial charge in [-0.3, -0.25) is 4.99 Å². The van der Waals surface area contributed by atoms with Gasteiger partial charge in [0.2, 0.25) is 0 Å². The van der Waals surface area contributed by atoms with Crippen LogP contribution in [0.4, 0.5) is 11.5 Å². The molecule has 174 valence electrons. The number of morpholine rings is 1. The van der Waals surface area contributed by atoms with Crippen molar-refractivity contribution in [3.8, 4) is 5.75 Å². The van der Waals surface area contributed by atoms with Gasteiger partial charge in [0.05, 0.1) is 26.0 Å². The Hall–Kier alpha value is -2.27. The fourth-order valence-electron chi connectivity index (χ4n) is 4.18. The normalized spacial score (nSPS) is 17.1. The highest BCUT2D eigenvalue weighted by molar-refractivity contribution is 14.0. The van der Waals surface area contributed by atoms with Gasteiger partial charge in [-0.25, -0.2) is 4.98 Å². The molecule has 1 N–H and O–H groups in total. The molecule has 0 unspecified atom stereocenters. The molecule has 0 spiro atoms. The van der Waals surface area contributed by atoms with Crippen molar-refractivity contribution in [2.75, 3.05) is 76.4 Å². The number of rotatable bonds is 5. The topological polar surface area (TPSA) is 65.5 Å². The maximum absolute atomic E-state index is 5.53. The molecule has 0 bridgehead atoms. The molecular weight excluding hydrogens is 519 g/mol. The Balaban J connectivity index is 0.00000289. The maximum atomic E-state index is 5.53. The van der Waals surface area contributed by atoms with Crippen LogP contribution in [0.15, 0.2) is 47.6 Å². The van der Waals surface area contributed by atoms with Gasteiger partial charge in [0, 0.05) is 64.6 Å². The number of aliphatic imine (C=N–C) groups is 1. The van der Waals surface area contributed by atoms with Gasteiger partial charge in [0.15, 0.2) is 5.96 Å². The molecule has 0 radical (unpaired) electrons. The molecule has 3 heterocycles. The molecule has 1 aromatic heterocycles. The van der Waals surface area contributed by atoms with Gasteiger partial charge < -0.3 is 29.5 Å². The van der Waals surface area contributed by atoms with Crippen LogP contribution in [0, 0.1) is 0 Å². The number of para-hydroxylation sites is 2. The Bertz CT molecular complexity index is 882. The number of nitrogens with one attached hydrogen (secondary N) is 1. The number of piperazine rings is 1. The predicted molar refractivity (Wildman–Crippen MR) is 140 cm³/mol.